The summed E-state index contributed by atoms with van der Waals surface area (Å²) in [7, 11) is 0. The minimum absolute atomic E-state index is 0.849. The third kappa shape index (κ3) is 2.85. The van der Waals surface area contributed by atoms with Crippen molar-refractivity contribution in [2.75, 3.05) is 5.32 Å². The average Bonchev–Trinajstić information content (AvgIpc) is 2.94. The topological polar surface area (TPSA) is 27.8 Å². The number of fused-ring (bicyclic) bond motifs is 1. The Kier molecular flexibility index (Phi) is 3.73. The Balaban J connectivity index is 1.66. The number of H-pyrrole nitrogens is 1. The highest BCUT2D eigenvalue weighted by Crippen LogP contribution is 2.16. The number of aryl methyl sites for hydroxylation is 1. The van der Waals surface area contributed by atoms with Crippen molar-refractivity contribution in [3.8, 4) is 0 Å². The number of aromatic nitrogens is 1. The van der Waals surface area contributed by atoms with Crippen molar-refractivity contribution in [2.45, 2.75) is 26.3 Å². The molecule has 0 atom stereocenters. The van der Waals surface area contributed by atoms with Crippen molar-refractivity contribution < 1.29 is 0 Å². The molecule has 2 heteroatoms. The number of hydrogen-bond donors (Lipinski definition) is 2. The summed E-state index contributed by atoms with van der Waals surface area (Å²) >= 11 is 0. The van der Waals surface area contributed by atoms with Crippen LogP contribution in [0.1, 0.15) is 24.5 Å². The monoisotopic (exact) mass is 264 g/mol. The van der Waals surface area contributed by atoms with Gasteiger partial charge in [0.25, 0.3) is 0 Å². The van der Waals surface area contributed by atoms with E-state index in [9.17, 15) is 0 Å². The molecule has 0 saturated carbocycles. The van der Waals surface area contributed by atoms with Crippen LogP contribution in [0.2, 0.25) is 0 Å². The predicted octanol–water partition coefficient (Wildman–Crippen LogP) is 4.73. The smallest absolute Gasteiger partial charge is 0.0457 e. The molecule has 3 aromatic rings. The summed E-state index contributed by atoms with van der Waals surface area (Å²) in [6, 6.07) is 17.4. The SMILES string of the molecule is CCCc1ccc(NCc2ccc3cc[nH]c3c2)cc1. The normalized spacial score (nSPS) is 10.8. The van der Waals surface area contributed by atoms with Crippen LogP contribution in [0.5, 0.6) is 0 Å². The van der Waals surface area contributed by atoms with Gasteiger partial charge in [0.2, 0.25) is 0 Å². The van der Waals surface area contributed by atoms with Crippen LogP contribution in [0.25, 0.3) is 10.9 Å². The van der Waals surface area contributed by atoms with Gasteiger partial charge < -0.3 is 10.3 Å². The van der Waals surface area contributed by atoms with Crippen molar-refractivity contribution >= 4 is 16.6 Å². The zero-order valence-electron chi connectivity index (χ0n) is 11.8. The highest BCUT2D eigenvalue weighted by Gasteiger charge is 1.98. The van der Waals surface area contributed by atoms with Gasteiger partial charge in [0.15, 0.2) is 0 Å². The van der Waals surface area contributed by atoms with Gasteiger partial charge in [0.1, 0.15) is 0 Å². The molecule has 0 aliphatic carbocycles. The zero-order chi connectivity index (χ0) is 13.8. The molecule has 0 bridgehead atoms. The molecular formula is C18H20N2. The van der Waals surface area contributed by atoms with Gasteiger partial charge in [-0.3, -0.25) is 0 Å². The number of nitrogens with one attached hydrogen (secondary N) is 2. The summed E-state index contributed by atoms with van der Waals surface area (Å²) in [6.45, 7) is 3.06. The lowest BCUT2D eigenvalue weighted by Gasteiger charge is -2.08. The molecule has 0 fully saturated rings. The molecule has 20 heavy (non-hydrogen) atoms. The predicted molar refractivity (Wildman–Crippen MR) is 86.1 cm³/mol. The Hall–Kier alpha value is -2.22. The molecule has 1 heterocycles. The van der Waals surface area contributed by atoms with Gasteiger partial charge in [-0.15, -0.1) is 0 Å². The molecule has 0 amide bonds. The summed E-state index contributed by atoms with van der Waals surface area (Å²) in [5.41, 5.74) is 5.07. The van der Waals surface area contributed by atoms with E-state index in [1.54, 1.807) is 0 Å². The Labute approximate surface area is 119 Å². The third-order valence-electron chi connectivity index (χ3n) is 3.61. The second-order valence-corrected chi connectivity index (χ2v) is 5.20. The Morgan fingerprint density at radius 1 is 0.950 bits per heavy atom. The van der Waals surface area contributed by atoms with Crippen LogP contribution in [-0.2, 0) is 13.0 Å². The van der Waals surface area contributed by atoms with E-state index in [0.29, 0.717) is 0 Å². The molecular weight excluding hydrogens is 244 g/mol. The molecule has 0 spiro atoms. The standard InChI is InChI=1S/C18H20N2/c1-2-3-14-5-8-17(9-6-14)20-13-15-4-7-16-10-11-19-18(16)12-15/h4-12,19-20H,2-3,13H2,1H3. The molecule has 2 nitrogen and oxygen atoms in total. The Morgan fingerprint density at radius 2 is 1.75 bits per heavy atom. The second-order valence-electron chi connectivity index (χ2n) is 5.20. The van der Waals surface area contributed by atoms with Gasteiger partial charge in [0, 0.05) is 23.9 Å². The largest absolute Gasteiger partial charge is 0.381 e. The highest BCUT2D eigenvalue weighted by atomic mass is 14.9. The lowest BCUT2D eigenvalue weighted by atomic mass is 10.1. The molecule has 0 radical (unpaired) electrons. The molecule has 1 aromatic heterocycles. The van der Waals surface area contributed by atoms with E-state index in [0.717, 1.165) is 13.0 Å². The Bertz CT molecular complexity index is 680. The van der Waals surface area contributed by atoms with Gasteiger partial charge in [-0.2, -0.15) is 0 Å². The van der Waals surface area contributed by atoms with Crippen LogP contribution in [0, 0.1) is 0 Å². The molecule has 2 aromatic carbocycles. The van der Waals surface area contributed by atoms with Crippen LogP contribution in [0.3, 0.4) is 0 Å². The number of hydrogen-bond acceptors (Lipinski definition) is 1. The summed E-state index contributed by atoms with van der Waals surface area (Å²) in [5.74, 6) is 0. The zero-order valence-corrected chi connectivity index (χ0v) is 11.8. The molecule has 102 valence electrons. The maximum atomic E-state index is 3.47. The minimum Gasteiger partial charge on any atom is -0.381 e. The van der Waals surface area contributed by atoms with Crippen LogP contribution >= 0.6 is 0 Å². The fraction of sp³-hybridized carbons (Fsp3) is 0.222. The first kappa shape index (κ1) is 12.8. The van der Waals surface area contributed by atoms with Gasteiger partial charge in [0.05, 0.1) is 0 Å². The van der Waals surface area contributed by atoms with Crippen LogP contribution < -0.4 is 5.32 Å². The van der Waals surface area contributed by atoms with E-state index in [4.69, 9.17) is 0 Å². The first-order chi connectivity index (χ1) is 9.85. The molecule has 3 rings (SSSR count). The first-order valence-corrected chi connectivity index (χ1v) is 7.24. The first-order valence-electron chi connectivity index (χ1n) is 7.24. The Morgan fingerprint density at radius 3 is 2.55 bits per heavy atom. The van der Waals surface area contributed by atoms with E-state index >= 15 is 0 Å². The molecule has 0 aliphatic heterocycles. The number of anilines is 1. The summed E-state index contributed by atoms with van der Waals surface area (Å²) in [4.78, 5) is 3.25. The minimum atomic E-state index is 0.849. The van der Waals surface area contributed by atoms with Crippen molar-refractivity contribution in [2.24, 2.45) is 0 Å². The van der Waals surface area contributed by atoms with Gasteiger partial charge >= 0.3 is 0 Å². The number of benzene rings is 2. The third-order valence-corrected chi connectivity index (χ3v) is 3.61. The van der Waals surface area contributed by atoms with Gasteiger partial charge in [-0.25, -0.2) is 0 Å². The van der Waals surface area contributed by atoms with Crippen molar-refractivity contribution in [3.63, 3.8) is 0 Å². The molecule has 0 aliphatic rings. The average molecular weight is 264 g/mol. The van der Waals surface area contributed by atoms with Gasteiger partial charge in [-0.1, -0.05) is 37.6 Å². The van der Waals surface area contributed by atoms with E-state index in [1.807, 2.05) is 6.20 Å². The van der Waals surface area contributed by atoms with Crippen molar-refractivity contribution in [1.82, 2.24) is 4.98 Å². The maximum Gasteiger partial charge on any atom is 0.0457 e. The molecule has 0 saturated heterocycles. The summed E-state index contributed by atoms with van der Waals surface area (Å²) in [6.07, 6.45) is 4.33. The van der Waals surface area contributed by atoms with Crippen molar-refractivity contribution in [1.29, 1.82) is 0 Å². The van der Waals surface area contributed by atoms with Crippen molar-refractivity contribution in [3.05, 3.63) is 65.9 Å². The van der Waals surface area contributed by atoms with Gasteiger partial charge in [-0.05, 0) is 47.2 Å². The van der Waals surface area contributed by atoms with E-state index in [2.05, 4.69) is 65.8 Å². The number of aromatic amines is 1. The quantitative estimate of drug-likeness (QED) is 0.685. The van der Waals surface area contributed by atoms with E-state index in [1.165, 1.54) is 34.1 Å². The molecule has 2 N–H and O–H groups in total. The maximum absolute atomic E-state index is 3.47. The second kappa shape index (κ2) is 5.83. The van der Waals surface area contributed by atoms with E-state index in [-0.39, 0.29) is 0 Å². The fourth-order valence-corrected chi connectivity index (χ4v) is 2.49. The summed E-state index contributed by atoms with van der Waals surface area (Å²) < 4.78 is 0. The highest BCUT2D eigenvalue weighted by molar-refractivity contribution is 5.79. The van der Waals surface area contributed by atoms with Crippen LogP contribution in [0.4, 0.5) is 5.69 Å². The number of rotatable bonds is 5. The summed E-state index contributed by atoms with van der Waals surface area (Å²) in [5, 5.41) is 4.73. The van der Waals surface area contributed by atoms with Crippen LogP contribution in [-0.4, -0.2) is 4.98 Å². The fourth-order valence-electron chi connectivity index (χ4n) is 2.49. The lowest BCUT2D eigenvalue weighted by Crippen LogP contribution is -1.99. The van der Waals surface area contributed by atoms with E-state index < -0.39 is 0 Å². The molecule has 0 unspecified atom stereocenters. The lowest BCUT2D eigenvalue weighted by molar-refractivity contribution is 0.922. The van der Waals surface area contributed by atoms with Crippen LogP contribution in [0.15, 0.2) is 54.7 Å².